The van der Waals surface area contributed by atoms with Crippen LogP contribution in [0.25, 0.3) is 0 Å². The van der Waals surface area contributed by atoms with E-state index in [4.69, 9.17) is 0 Å². The summed E-state index contributed by atoms with van der Waals surface area (Å²) >= 11 is 0. The van der Waals surface area contributed by atoms with E-state index >= 15 is 0 Å². The Morgan fingerprint density at radius 3 is 3.00 bits per heavy atom. The number of aromatic nitrogens is 2. The number of likely N-dealkylation sites (tertiary alicyclic amines) is 1. The van der Waals surface area contributed by atoms with Crippen molar-refractivity contribution in [3.63, 3.8) is 0 Å². The first kappa shape index (κ1) is 11.2. The first-order chi connectivity index (χ1) is 8.34. The first-order valence-corrected chi connectivity index (χ1v) is 6.78. The average molecular weight is 234 g/mol. The van der Waals surface area contributed by atoms with Crippen LogP contribution in [-0.4, -0.2) is 41.1 Å². The molecule has 2 atom stereocenters. The molecular weight excluding hydrogens is 212 g/mol. The van der Waals surface area contributed by atoms with Gasteiger partial charge in [-0.25, -0.2) is 4.98 Å². The van der Waals surface area contributed by atoms with E-state index in [1.165, 1.54) is 37.9 Å². The number of nitrogens with one attached hydrogen (secondary N) is 1. The Bertz CT molecular complexity index is 348. The lowest BCUT2D eigenvalue weighted by atomic mass is 10.0. The van der Waals surface area contributed by atoms with Crippen molar-refractivity contribution < 1.29 is 0 Å². The van der Waals surface area contributed by atoms with Gasteiger partial charge in [-0.1, -0.05) is 6.42 Å². The standard InChI is InChI=1S/C13H22N4/c1-16-7-5-11(9-16)17-10-14-8-13(17)12-4-2-3-6-15-12/h8,10-12,15H,2-7,9H2,1H3. The lowest BCUT2D eigenvalue weighted by Gasteiger charge is -2.26. The van der Waals surface area contributed by atoms with E-state index in [1.54, 1.807) is 0 Å². The Balaban J connectivity index is 1.78. The molecule has 2 saturated heterocycles. The van der Waals surface area contributed by atoms with Gasteiger partial charge < -0.3 is 14.8 Å². The third kappa shape index (κ3) is 2.24. The molecule has 2 unspecified atom stereocenters. The molecule has 0 saturated carbocycles. The van der Waals surface area contributed by atoms with Crippen LogP contribution in [0.4, 0.5) is 0 Å². The van der Waals surface area contributed by atoms with Gasteiger partial charge in [-0.15, -0.1) is 0 Å². The van der Waals surface area contributed by atoms with Crippen LogP contribution in [0.2, 0.25) is 0 Å². The molecule has 0 radical (unpaired) electrons. The van der Waals surface area contributed by atoms with Crippen molar-refractivity contribution in [1.29, 1.82) is 0 Å². The van der Waals surface area contributed by atoms with Crippen molar-refractivity contribution in [3.8, 4) is 0 Å². The summed E-state index contributed by atoms with van der Waals surface area (Å²) in [4.78, 5) is 6.78. The Morgan fingerprint density at radius 1 is 1.35 bits per heavy atom. The second-order valence-electron chi connectivity index (χ2n) is 5.43. The predicted octanol–water partition coefficient (Wildman–Crippen LogP) is 1.57. The highest BCUT2D eigenvalue weighted by atomic mass is 15.2. The van der Waals surface area contributed by atoms with E-state index < -0.39 is 0 Å². The third-order valence-corrected chi connectivity index (χ3v) is 4.12. The maximum absolute atomic E-state index is 4.37. The molecule has 0 aromatic carbocycles. The van der Waals surface area contributed by atoms with Gasteiger partial charge in [0, 0.05) is 24.8 Å². The SMILES string of the molecule is CN1CCC(n2cncc2C2CCCCN2)C1. The fourth-order valence-corrected chi connectivity index (χ4v) is 3.13. The van der Waals surface area contributed by atoms with Crippen LogP contribution in [0.15, 0.2) is 12.5 Å². The lowest BCUT2D eigenvalue weighted by Crippen LogP contribution is -2.29. The van der Waals surface area contributed by atoms with Gasteiger partial charge in [0.1, 0.15) is 0 Å². The maximum atomic E-state index is 4.37. The van der Waals surface area contributed by atoms with Crippen molar-refractivity contribution in [1.82, 2.24) is 19.8 Å². The Labute approximate surface area is 103 Å². The van der Waals surface area contributed by atoms with Crippen molar-refractivity contribution >= 4 is 0 Å². The Kier molecular flexibility index (Phi) is 3.16. The van der Waals surface area contributed by atoms with Crippen LogP contribution in [0.3, 0.4) is 0 Å². The monoisotopic (exact) mass is 234 g/mol. The van der Waals surface area contributed by atoms with E-state index in [-0.39, 0.29) is 0 Å². The van der Waals surface area contributed by atoms with Gasteiger partial charge in [0.2, 0.25) is 0 Å². The Morgan fingerprint density at radius 2 is 2.29 bits per heavy atom. The number of hydrogen-bond acceptors (Lipinski definition) is 3. The zero-order valence-electron chi connectivity index (χ0n) is 10.6. The van der Waals surface area contributed by atoms with Gasteiger partial charge in [0.25, 0.3) is 0 Å². The molecule has 1 N–H and O–H groups in total. The summed E-state index contributed by atoms with van der Waals surface area (Å²) in [6.45, 7) is 3.52. The highest BCUT2D eigenvalue weighted by molar-refractivity contribution is 5.08. The minimum atomic E-state index is 0.525. The largest absolute Gasteiger partial charge is 0.329 e. The molecule has 3 heterocycles. The highest BCUT2D eigenvalue weighted by Crippen LogP contribution is 2.28. The van der Waals surface area contributed by atoms with Crippen LogP contribution in [0, 0.1) is 0 Å². The molecule has 2 fully saturated rings. The summed E-state index contributed by atoms with van der Waals surface area (Å²) in [7, 11) is 2.20. The van der Waals surface area contributed by atoms with Crippen LogP contribution < -0.4 is 5.32 Å². The van der Waals surface area contributed by atoms with Crippen molar-refractivity contribution in [2.75, 3.05) is 26.7 Å². The van der Waals surface area contributed by atoms with E-state index in [0.29, 0.717) is 12.1 Å². The van der Waals surface area contributed by atoms with Crippen LogP contribution >= 0.6 is 0 Å². The molecule has 3 rings (SSSR count). The van der Waals surface area contributed by atoms with Gasteiger partial charge in [-0.2, -0.15) is 0 Å². The topological polar surface area (TPSA) is 33.1 Å². The van der Waals surface area contributed by atoms with Gasteiger partial charge in [-0.3, -0.25) is 0 Å². The molecule has 0 amide bonds. The van der Waals surface area contributed by atoms with Crippen LogP contribution in [-0.2, 0) is 0 Å². The van der Waals surface area contributed by atoms with Crippen molar-refractivity contribution in [3.05, 3.63) is 18.2 Å². The molecule has 2 aliphatic heterocycles. The number of piperidine rings is 1. The molecule has 0 bridgehead atoms. The summed E-state index contributed by atoms with van der Waals surface area (Å²) in [6.07, 6.45) is 9.25. The minimum Gasteiger partial charge on any atom is -0.329 e. The average Bonchev–Trinajstić information content (AvgIpc) is 2.98. The van der Waals surface area contributed by atoms with Crippen molar-refractivity contribution in [2.45, 2.75) is 37.8 Å². The van der Waals surface area contributed by atoms with Gasteiger partial charge in [0.05, 0.1) is 12.0 Å². The summed E-state index contributed by atoms with van der Waals surface area (Å²) in [5, 5.41) is 3.62. The molecule has 2 aliphatic rings. The molecule has 1 aromatic rings. The predicted molar refractivity (Wildman–Crippen MR) is 68.0 cm³/mol. The molecule has 0 aliphatic carbocycles. The fourth-order valence-electron chi connectivity index (χ4n) is 3.13. The lowest BCUT2D eigenvalue weighted by molar-refractivity contribution is 0.364. The summed E-state index contributed by atoms with van der Waals surface area (Å²) in [5.74, 6) is 0. The molecule has 4 heteroatoms. The van der Waals surface area contributed by atoms with Crippen LogP contribution in [0.1, 0.15) is 43.5 Å². The molecule has 94 valence electrons. The number of imidazole rings is 1. The second kappa shape index (κ2) is 4.78. The second-order valence-corrected chi connectivity index (χ2v) is 5.43. The Hall–Kier alpha value is -0.870. The zero-order valence-corrected chi connectivity index (χ0v) is 10.6. The van der Waals surface area contributed by atoms with Crippen LogP contribution in [0.5, 0.6) is 0 Å². The number of nitrogens with zero attached hydrogens (tertiary/aromatic N) is 3. The molecule has 1 aromatic heterocycles. The van der Waals surface area contributed by atoms with E-state index in [2.05, 4.69) is 33.0 Å². The first-order valence-electron chi connectivity index (χ1n) is 6.78. The molecule has 17 heavy (non-hydrogen) atoms. The molecule has 0 spiro atoms. The van der Waals surface area contributed by atoms with E-state index in [0.717, 1.165) is 13.1 Å². The summed E-state index contributed by atoms with van der Waals surface area (Å²) in [5.41, 5.74) is 1.39. The fraction of sp³-hybridized carbons (Fsp3) is 0.769. The van der Waals surface area contributed by atoms with Gasteiger partial charge in [0.15, 0.2) is 0 Å². The maximum Gasteiger partial charge on any atom is 0.0951 e. The molecule has 4 nitrogen and oxygen atoms in total. The summed E-state index contributed by atoms with van der Waals surface area (Å²) in [6, 6.07) is 1.15. The zero-order chi connectivity index (χ0) is 11.7. The normalized spacial score (nSPS) is 30.9. The highest BCUT2D eigenvalue weighted by Gasteiger charge is 2.25. The summed E-state index contributed by atoms with van der Waals surface area (Å²) < 4.78 is 2.41. The quantitative estimate of drug-likeness (QED) is 0.843. The van der Waals surface area contributed by atoms with E-state index in [9.17, 15) is 0 Å². The number of likely N-dealkylation sites (N-methyl/N-ethyl adjacent to an activating group) is 1. The minimum absolute atomic E-state index is 0.525. The van der Waals surface area contributed by atoms with Gasteiger partial charge in [-0.05, 0) is 39.4 Å². The van der Waals surface area contributed by atoms with E-state index in [1.807, 2.05) is 6.33 Å². The number of rotatable bonds is 2. The third-order valence-electron chi connectivity index (χ3n) is 4.12. The van der Waals surface area contributed by atoms with Crippen molar-refractivity contribution in [2.24, 2.45) is 0 Å². The molecular formula is C13H22N4. The van der Waals surface area contributed by atoms with Gasteiger partial charge >= 0.3 is 0 Å². The smallest absolute Gasteiger partial charge is 0.0951 e. The number of hydrogen-bond donors (Lipinski definition) is 1.